The van der Waals surface area contributed by atoms with Gasteiger partial charge in [-0.3, -0.25) is 9.48 Å². The Bertz CT molecular complexity index is 458. The second kappa shape index (κ2) is 4.39. The predicted molar refractivity (Wildman–Crippen MR) is 70.0 cm³/mol. The molecule has 3 N–H and O–H groups in total. The molecule has 0 aromatic carbocycles. The molecule has 5 heteroatoms. The first-order chi connectivity index (χ1) is 8.29. The third-order valence-corrected chi connectivity index (χ3v) is 3.35. The zero-order chi connectivity index (χ0) is 13.5. The minimum atomic E-state index is -0.117. The van der Waals surface area contributed by atoms with Gasteiger partial charge >= 0.3 is 0 Å². The predicted octanol–water partition coefficient (Wildman–Crippen LogP) is 0.996. The summed E-state index contributed by atoms with van der Waals surface area (Å²) in [5.74, 6) is 0.0745. The SMILES string of the molecule is Cn1cc(C2NC(=O)CCC2N)c(C(C)(C)C)n1. The second-order valence-electron chi connectivity index (χ2n) is 6.10. The molecule has 0 radical (unpaired) electrons. The average Bonchev–Trinajstić information content (AvgIpc) is 2.63. The number of carbonyl (C=O) groups is 1. The summed E-state index contributed by atoms with van der Waals surface area (Å²) in [6.45, 7) is 6.36. The van der Waals surface area contributed by atoms with E-state index in [9.17, 15) is 4.79 Å². The van der Waals surface area contributed by atoms with Gasteiger partial charge < -0.3 is 11.1 Å². The van der Waals surface area contributed by atoms with Crippen molar-refractivity contribution in [2.24, 2.45) is 12.8 Å². The van der Waals surface area contributed by atoms with Crippen molar-refractivity contribution in [2.45, 2.75) is 51.1 Å². The Balaban J connectivity index is 2.40. The minimum Gasteiger partial charge on any atom is -0.348 e. The van der Waals surface area contributed by atoms with Crippen LogP contribution in [0.3, 0.4) is 0 Å². The summed E-state index contributed by atoms with van der Waals surface area (Å²) < 4.78 is 1.80. The van der Waals surface area contributed by atoms with Gasteiger partial charge in [-0.15, -0.1) is 0 Å². The van der Waals surface area contributed by atoms with Crippen LogP contribution in [0.5, 0.6) is 0 Å². The molecular weight excluding hydrogens is 228 g/mol. The molecule has 5 nitrogen and oxygen atoms in total. The highest BCUT2D eigenvalue weighted by molar-refractivity contribution is 5.77. The monoisotopic (exact) mass is 250 g/mol. The molecule has 1 amide bonds. The highest BCUT2D eigenvalue weighted by Crippen LogP contribution is 2.31. The van der Waals surface area contributed by atoms with E-state index >= 15 is 0 Å². The number of hydrogen-bond acceptors (Lipinski definition) is 3. The number of nitrogens with two attached hydrogens (primary N) is 1. The van der Waals surface area contributed by atoms with Gasteiger partial charge in [0.15, 0.2) is 0 Å². The van der Waals surface area contributed by atoms with Crippen LogP contribution >= 0.6 is 0 Å². The van der Waals surface area contributed by atoms with Gasteiger partial charge in [-0.05, 0) is 6.42 Å². The number of rotatable bonds is 1. The fourth-order valence-electron chi connectivity index (χ4n) is 2.44. The highest BCUT2D eigenvalue weighted by Gasteiger charge is 2.33. The zero-order valence-corrected chi connectivity index (χ0v) is 11.5. The van der Waals surface area contributed by atoms with Crippen molar-refractivity contribution < 1.29 is 4.79 Å². The van der Waals surface area contributed by atoms with E-state index in [0.29, 0.717) is 6.42 Å². The second-order valence-corrected chi connectivity index (χ2v) is 6.10. The Labute approximate surface area is 108 Å². The molecule has 1 aromatic heterocycles. The lowest BCUT2D eigenvalue weighted by Gasteiger charge is -2.31. The number of amides is 1. The van der Waals surface area contributed by atoms with Gasteiger partial charge in [0.2, 0.25) is 5.91 Å². The van der Waals surface area contributed by atoms with Gasteiger partial charge in [-0.25, -0.2) is 0 Å². The van der Waals surface area contributed by atoms with Crippen molar-refractivity contribution in [3.63, 3.8) is 0 Å². The molecule has 2 unspecified atom stereocenters. The molecule has 2 heterocycles. The standard InChI is InChI=1S/C13H22N4O/c1-13(2,3)12-8(7-17(4)16-12)11-9(14)5-6-10(18)15-11/h7,9,11H,5-6,14H2,1-4H3,(H,15,18). The Morgan fingerprint density at radius 2 is 2.17 bits per heavy atom. The summed E-state index contributed by atoms with van der Waals surface area (Å²) in [6, 6.07) is -0.151. The van der Waals surface area contributed by atoms with Gasteiger partial charge in [0.25, 0.3) is 0 Å². The Hall–Kier alpha value is -1.36. The number of nitrogens with zero attached hydrogens (tertiary/aromatic N) is 2. The minimum absolute atomic E-state index is 0.0343. The number of piperidine rings is 1. The fourth-order valence-corrected chi connectivity index (χ4v) is 2.44. The highest BCUT2D eigenvalue weighted by atomic mass is 16.1. The maximum Gasteiger partial charge on any atom is 0.220 e. The van der Waals surface area contributed by atoms with Gasteiger partial charge in [0.1, 0.15) is 0 Å². The molecule has 100 valence electrons. The summed E-state index contributed by atoms with van der Waals surface area (Å²) in [6.07, 6.45) is 3.22. The maximum atomic E-state index is 11.6. The Morgan fingerprint density at radius 1 is 1.50 bits per heavy atom. The lowest BCUT2D eigenvalue weighted by Crippen LogP contribution is -2.46. The lowest BCUT2D eigenvalue weighted by molar-refractivity contribution is -0.123. The molecule has 1 aromatic rings. The average molecular weight is 250 g/mol. The van der Waals surface area contributed by atoms with Crippen LogP contribution in [-0.4, -0.2) is 21.7 Å². The number of nitrogens with one attached hydrogen (secondary N) is 1. The van der Waals surface area contributed by atoms with Crippen LogP contribution in [0, 0.1) is 0 Å². The van der Waals surface area contributed by atoms with Crippen molar-refractivity contribution in [1.82, 2.24) is 15.1 Å². The van der Waals surface area contributed by atoms with E-state index in [4.69, 9.17) is 5.73 Å². The van der Waals surface area contributed by atoms with Crippen molar-refractivity contribution in [3.05, 3.63) is 17.5 Å². The Morgan fingerprint density at radius 3 is 2.78 bits per heavy atom. The van der Waals surface area contributed by atoms with Crippen LogP contribution in [0.2, 0.25) is 0 Å². The molecule has 1 saturated heterocycles. The topological polar surface area (TPSA) is 72.9 Å². The van der Waals surface area contributed by atoms with Crippen LogP contribution in [0.4, 0.5) is 0 Å². The summed E-state index contributed by atoms with van der Waals surface area (Å²) in [5.41, 5.74) is 8.14. The van der Waals surface area contributed by atoms with Gasteiger partial charge in [-0.2, -0.15) is 5.10 Å². The molecule has 0 bridgehead atoms. The molecule has 1 aliphatic heterocycles. The van der Waals surface area contributed by atoms with Crippen LogP contribution < -0.4 is 11.1 Å². The quantitative estimate of drug-likeness (QED) is 0.781. The van der Waals surface area contributed by atoms with E-state index in [1.165, 1.54) is 0 Å². The van der Waals surface area contributed by atoms with Crippen molar-refractivity contribution >= 4 is 5.91 Å². The van der Waals surface area contributed by atoms with Crippen LogP contribution in [0.25, 0.3) is 0 Å². The third-order valence-electron chi connectivity index (χ3n) is 3.35. The van der Waals surface area contributed by atoms with E-state index in [1.54, 1.807) is 4.68 Å². The molecule has 0 spiro atoms. The number of aromatic nitrogens is 2. The fraction of sp³-hybridized carbons (Fsp3) is 0.692. The molecule has 18 heavy (non-hydrogen) atoms. The molecule has 1 aliphatic rings. The Kier molecular flexibility index (Phi) is 3.19. The molecule has 0 aliphatic carbocycles. The van der Waals surface area contributed by atoms with Crippen molar-refractivity contribution in [2.75, 3.05) is 0 Å². The third kappa shape index (κ3) is 2.41. The van der Waals surface area contributed by atoms with Gasteiger partial charge in [0.05, 0.1) is 11.7 Å². The lowest BCUT2D eigenvalue weighted by atomic mass is 9.84. The van der Waals surface area contributed by atoms with Crippen molar-refractivity contribution in [3.8, 4) is 0 Å². The number of aryl methyl sites for hydroxylation is 1. The largest absolute Gasteiger partial charge is 0.348 e. The van der Waals surface area contributed by atoms with E-state index < -0.39 is 0 Å². The summed E-state index contributed by atoms with van der Waals surface area (Å²) in [5, 5.41) is 7.52. The van der Waals surface area contributed by atoms with Gasteiger partial charge in [-0.1, -0.05) is 20.8 Å². The molecule has 1 fully saturated rings. The molecule has 2 rings (SSSR count). The smallest absolute Gasteiger partial charge is 0.220 e. The van der Waals surface area contributed by atoms with E-state index in [1.807, 2.05) is 13.2 Å². The van der Waals surface area contributed by atoms with Crippen molar-refractivity contribution in [1.29, 1.82) is 0 Å². The van der Waals surface area contributed by atoms with E-state index in [-0.39, 0.29) is 23.4 Å². The molecule has 0 saturated carbocycles. The number of hydrogen-bond donors (Lipinski definition) is 2. The summed E-state index contributed by atoms with van der Waals surface area (Å²) >= 11 is 0. The van der Waals surface area contributed by atoms with Crippen LogP contribution in [-0.2, 0) is 17.3 Å². The summed E-state index contributed by atoms with van der Waals surface area (Å²) in [7, 11) is 1.90. The zero-order valence-electron chi connectivity index (χ0n) is 11.5. The first-order valence-corrected chi connectivity index (χ1v) is 6.38. The first kappa shape index (κ1) is 13.1. The normalized spacial score (nSPS) is 25.1. The maximum absolute atomic E-state index is 11.6. The molecular formula is C13H22N4O. The summed E-state index contributed by atoms with van der Waals surface area (Å²) in [4.78, 5) is 11.6. The molecule has 2 atom stereocenters. The first-order valence-electron chi connectivity index (χ1n) is 6.38. The van der Waals surface area contributed by atoms with Crippen LogP contribution in [0.15, 0.2) is 6.20 Å². The number of carbonyl (C=O) groups excluding carboxylic acids is 1. The van der Waals surface area contributed by atoms with E-state index in [0.717, 1.165) is 17.7 Å². The van der Waals surface area contributed by atoms with Gasteiger partial charge in [0, 0.05) is 36.7 Å². The van der Waals surface area contributed by atoms with E-state index in [2.05, 4.69) is 31.2 Å². The van der Waals surface area contributed by atoms with Crippen LogP contribution in [0.1, 0.15) is 50.9 Å².